The summed E-state index contributed by atoms with van der Waals surface area (Å²) in [6.07, 6.45) is 8.94. The Morgan fingerprint density at radius 2 is 1.87 bits per heavy atom. The van der Waals surface area contributed by atoms with Crippen LogP contribution in [0.5, 0.6) is 5.75 Å². The molecule has 0 radical (unpaired) electrons. The van der Waals surface area contributed by atoms with Crippen LogP contribution < -0.4 is 10.2 Å². The van der Waals surface area contributed by atoms with Gasteiger partial charge in [-0.1, -0.05) is 0 Å². The van der Waals surface area contributed by atoms with Gasteiger partial charge in [-0.15, -0.1) is 10.2 Å². The summed E-state index contributed by atoms with van der Waals surface area (Å²) < 4.78 is 1.82. The Morgan fingerprint density at radius 1 is 1.13 bits per heavy atom. The van der Waals surface area contributed by atoms with Crippen LogP contribution >= 0.6 is 0 Å². The van der Waals surface area contributed by atoms with Gasteiger partial charge in [0.15, 0.2) is 11.6 Å². The number of phenols is 1. The first kappa shape index (κ1) is 20.3. The molecule has 1 aromatic carbocycles. The molecule has 0 amide bonds. The number of hydrogen-bond donors (Lipinski definition) is 2. The van der Waals surface area contributed by atoms with Gasteiger partial charge in [-0.3, -0.25) is 0 Å². The average molecular weight is 408 g/mol. The molecule has 1 saturated heterocycles. The molecule has 0 spiro atoms. The number of benzene rings is 1. The molecule has 0 bridgehead atoms. The largest absolute Gasteiger partial charge is 0.507 e. The van der Waals surface area contributed by atoms with Crippen LogP contribution in [0.1, 0.15) is 40.5 Å². The van der Waals surface area contributed by atoms with E-state index in [0.29, 0.717) is 17.4 Å². The van der Waals surface area contributed by atoms with E-state index in [4.69, 9.17) is 0 Å². The summed E-state index contributed by atoms with van der Waals surface area (Å²) in [5.74, 6) is 1.23. The SMILES string of the molecule is CN(c1cnc(-c2ccc(-n3ccnc3)cc2O)nn1)C1CC(C)(C)NC(C)(C)C1. The molecule has 0 saturated carbocycles. The molecule has 0 aliphatic carbocycles. The minimum Gasteiger partial charge on any atom is -0.507 e. The van der Waals surface area contributed by atoms with E-state index < -0.39 is 0 Å². The van der Waals surface area contributed by atoms with E-state index in [1.54, 1.807) is 30.9 Å². The zero-order chi connectivity index (χ0) is 21.5. The van der Waals surface area contributed by atoms with Crippen LogP contribution in [-0.2, 0) is 0 Å². The Hall–Kier alpha value is -3.00. The Kier molecular flexibility index (Phi) is 4.97. The van der Waals surface area contributed by atoms with Crippen molar-refractivity contribution in [2.75, 3.05) is 11.9 Å². The van der Waals surface area contributed by atoms with Crippen LogP contribution in [0, 0.1) is 0 Å². The van der Waals surface area contributed by atoms with Gasteiger partial charge >= 0.3 is 0 Å². The van der Waals surface area contributed by atoms with Crippen molar-refractivity contribution in [3.8, 4) is 22.8 Å². The number of anilines is 1. The predicted molar refractivity (Wildman–Crippen MR) is 117 cm³/mol. The normalized spacial score (nSPS) is 18.3. The number of imidazole rings is 1. The molecule has 1 aliphatic rings. The maximum Gasteiger partial charge on any atom is 0.185 e. The van der Waals surface area contributed by atoms with Gasteiger partial charge in [-0.05, 0) is 52.7 Å². The molecule has 8 heteroatoms. The zero-order valence-corrected chi connectivity index (χ0v) is 18.2. The second kappa shape index (κ2) is 7.36. The third-order valence-corrected chi connectivity index (χ3v) is 5.65. The molecule has 0 unspecified atom stereocenters. The van der Waals surface area contributed by atoms with Gasteiger partial charge in [-0.25, -0.2) is 9.97 Å². The third kappa shape index (κ3) is 4.14. The first-order chi connectivity index (χ1) is 14.1. The maximum absolute atomic E-state index is 10.5. The first-order valence-electron chi connectivity index (χ1n) is 10.2. The summed E-state index contributed by atoms with van der Waals surface area (Å²) in [6, 6.07) is 5.68. The molecule has 158 valence electrons. The first-order valence-corrected chi connectivity index (χ1v) is 10.2. The van der Waals surface area contributed by atoms with Crippen molar-refractivity contribution < 1.29 is 5.11 Å². The molecular formula is C22H29N7O. The van der Waals surface area contributed by atoms with Crippen LogP contribution in [0.2, 0.25) is 0 Å². The molecule has 1 aliphatic heterocycles. The number of piperidine rings is 1. The van der Waals surface area contributed by atoms with Crippen LogP contribution in [0.15, 0.2) is 43.1 Å². The summed E-state index contributed by atoms with van der Waals surface area (Å²) in [6.45, 7) is 8.94. The fourth-order valence-electron chi connectivity index (χ4n) is 4.57. The van der Waals surface area contributed by atoms with E-state index in [9.17, 15) is 5.11 Å². The molecule has 2 N–H and O–H groups in total. The monoisotopic (exact) mass is 407 g/mol. The second-order valence-corrected chi connectivity index (χ2v) is 9.38. The van der Waals surface area contributed by atoms with E-state index in [1.165, 1.54) is 0 Å². The molecule has 2 aromatic heterocycles. The summed E-state index contributed by atoms with van der Waals surface area (Å²) in [5.41, 5.74) is 1.45. The van der Waals surface area contributed by atoms with Gasteiger partial charge in [0, 0.05) is 42.6 Å². The van der Waals surface area contributed by atoms with Gasteiger partial charge in [0.25, 0.3) is 0 Å². The average Bonchev–Trinajstić information content (AvgIpc) is 3.20. The van der Waals surface area contributed by atoms with Crippen molar-refractivity contribution in [2.45, 2.75) is 57.7 Å². The highest BCUT2D eigenvalue weighted by Gasteiger charge is 2.39. The zero-order valence-electron chi connectivity index (χ0n) is 18.2. The number of aromatic hydroxyl groups is 1. The minimum absolute atomic E-state index is 0.0459. The van der Waals surface area contributed by atoms with Crippen molar-refractivity contribution in [3.63, 3.8) is 0 Å². The van der Waals surface area contributed by atoms with E-state index in [0.717, 1.165) is 24.3 Å². The van der Waals surface area contributed by atoms with Crippen molar-refractivity contribution >= 4 is 5.82 Å². The molecule has 3 aromatic rings. The standard InChI is InChI=1S/C22H29N7O/c1-21(2)11-16(12-22(3,4)27-21)28(5)19-13-24-20(26-25-19)17-7-6-15(10-18(17)30)29-9-8-23-14-29/h6-10,13-14,16,27,30H,11-12H2,1-5H3. The number of nitrogens with zero attached hydrogens (tertiary/aromatic N) is 6. The Morgan fingerprint density at radius 3 is 2.43 bits per heavy atom. The lowest BCUT2D eigenvalue weighted by molar-refractivity contribution is 0.160. The number of hydrogen-bond acceptors (Lipinski definition) is 7. The molecular weight excluding hydrogens is 378 g/mol. The fraction of sp³-hybridized carbons (Fsp3) is 0.455. The van der Waals surface area contributed by atoms with Crippen LogP contribution in [0.25, 0.3) is 17.1 Å². The highest BCUT2D eigenvalue weighted by molar-refractivity contribution is 5.66. The third-order valence-electron chi connectivity index (χ3n) is 5.65. The number of phenolic OH excluding ortho intramolecular Hbond substituents is 1. The molecule has 3 heterocycles. The number of aromatic nitrogens is 5. The van der Waals surface area contributed by atoms with E-state index >= 15 is 0 Å². The van der Waals surface area contributed by atoms with Crippen molar-refractivity contribution in [2.24, 2.45) is 0 Å². The molecule has 0 atom stereocenters. The Balaban J connectivity index is 1.54. The lowest BCUT2D eigenvalue weighted by atomic mass is 9.79. The quantitative estimate of drug-likeness (QED) is 0.686. The van der Waals surface area contributed by atoms with Crippen LogP contribution in [-0.4, -0.2) is 54.0 Å². The van der Waals surface area contributed by atoms with E-state index in [1.807, 2.05) is 23.9 Å². The Labute approximate surface area is 177 Å². The van der Waals surface area contributed by atoms with Gasteiger partial charge in [0.2, 0.25) is 0 Å². The molecule has 4 rings (SSSR count). The highest BCUT2D eigenvalue weighted by atomic mass is 16.3. The van der Waals surface area contributed by atoms with E-state index in [-0.39, 0.29) is 16.8 Å². The maximum atomic E-state index is 10.5. The van der Waals surface area contributed by atoms with Crippen LogP contribution in [0.4, 0.5) is 5.82 Å². The second-order valence-electron chi connectivity index (χ2n) is 9.38. The predicted octanol–water partition coefficient (Wildman–Crippen LogP) is 3.18. The smallest absolute Gasteiger partial charge is 0.185 e. The molecule has 8 nitrogen and oxygen atoms in total. The Bertz CT molecular complexity index is 996. The van der Waals surface area contributed by atoms with Gasteiger partial charge in [0.1, 0.15) is 5.75 Å². The number of nitrogens with one attached hydrogen (secondary N) is 1. The summed E-state index contributed by atoms with van der Waals surface area (Å²) in [7, 11) is 2.05. The van der Waals surface area contributed by atoms with Crippen molar-refractivity contribution in [1.29, 1.82) is 0 Å². The molecule has 30 heavy (non-hydrogen) atoms. The summed E-state index contributed by atoms with van der Waals surface area (Å²) >= 11 is 0. The van der Waals surface area contributed by atoms with Crippen molar-refractivity contribution in [1.82, 2.24) is 30.0 Å². The van der Waals surface area contributed by atoms with Crippen LogP contribution in [0.3, 0.4) is 0 Å². The topological polar surface area (TPSA) is 92.0 Å². The highest BCUT2D eigenvalue weighted by Crippen LogP contribution is 2.33. The minimum atomic E-state index is 0.0459. The molecule has 1 fully saturated rings. The van der Waals surface area contributed by atoms with Gasteiger partial charge in [-0.2, -0.15) is 0 Å². The lowest BCUT2D eigenvalue weighted by Gasteiger charge is -2.49. The van der Waals surface area contributed by atoms with E-state index in [2.05, 4.69) is 58.1 Å². The number of rotatable bonds is 4. The van der Waals surface area contributed by atoms with Crippen molar-refractivity contribution in [3.05, 3.63) is 43.1 Å². The lowest BCUT2D eigenvalue weighted by Crippen LogP contribution is -2.62. The summed E-state index contributed by atoms with van der Waals surface area (Å²) in [4.78, 5) is 10.7. The van der Waals surface area contributed by atoms with Gasteiger partial charge < -0.3 is 19.9 Å². The fourth-order valence-corrected chi connectivity index (χ4v) is 4.57. The van der Waals surface area contributed by atoms with Gasteiger partial charge in [0.05, 0.1) is 23.8 Å². The summed E-state index contributed by atoms with van der Waals surface area (Å²) in [5, 5.41) is 22.9.